The number of aromatic nitrogens is 2. The fourth-order valence-electron chi connectivity index (χ4n) is 2.34. The van der Waals surface area contributed by atoms with E-state index in [1.807, 2.05) is 0 Å². The van der Waals surface area contributed by atoms with Crippen molar-refractivity contribution in [3.8, 4) is 0 Å². The second kappa shape index (κ2) is 5.38. The van der Waals surface area contributed by atoms with E-state index < -0.39 is 35.6 Å². The molecule has 0 aliphatic carbocycles. The monoisotopic (exact) mass is 305 g/mol. The van der Waals surface area contributed by atoms with Crippen molar-refractivity contribution in [2.45, 2.75) is 19.0 Å². The summed E-state index contributed by atoms with van der Waals surface area (Å²) in [7, 11) is 1.16. The third kappa shape index (κ3) is 2.86. The Hall–Kier alpha value is -2.06. The minimum Gasteiger partial charge on any atom is -0.465 e. The maximum absolute atomic E-state index is 12.8. The van der Waals surface area contributed by atoms with Crippen LogP contribution in [0.25, 0.3) is 0 Å². The van der Waals surface area contributed by atoms with Gasteiger partial charge in [0.05, 0.1) is 12.3 Å². The van der Waals surface area contributed by atoms with Crippen molar-refractivity contribution in [1.29, 1.82) is 0 Å². The summed E-state index contributed by atoms with van der Waals surface area (Å²) in [6, 6.07) is 0.858. The second-order valence-electron chi connectivity index (χ2n) is 4.66. The van der Waals surface area contributed by atoms with Crippen LogP contribution in [-0.4, -0.2) is 34.8 Å². The number of carbonyl (C=O) groups is 2. The zero-order chi connectivity index (χ0) is 15.8. The summed E-state index contributed by atoms with van der Waals surface area (Å²) in [6.07, 6.45) is -4.55. The predicted octanol–water partition coefficient (Wildman–Crippen LogP) is 0.832. The summed E-state index contributed by atoms with van der Waals surface area (Å²) < 4.78 is 43.8. The molecule has 1 aromatic heterocycles. The molecule has 1 aliphatic rings. The van der Waals surface area contributed by atoms with Gasteiger partial charge in [-0.2, -0.15) is 18.3 Å². The van der Waals surface area contributed by atoms with Gasteiger partial charge in [-0.25, -0.2) is 0 Å². The lowest BCUT2D eigenvalue weighted by Gasteiger charge is -2.13. The number of nitrogens with zero attached hydrogens (tertiary/aromatic N) is 2. The van der Waals surface area contributed by atoms with Gasteiger partial charge in [0, 0.05) is 19.5 Å². The van der Waals surface area contributed by atoms with Gasteiger partial charge in [0.15, 0.2) is 0 Å². The highest BCUT2D eigenvalue weighted by molar-refractivity contribution is 6.00. The van der Waals surface area contributed by atoms with Gasteiger partial charge in [0.1, 0.15) is 11.6 Å². The fraction of sp³-hybridized carbons (Fsp3) is 0.583. The van der Waals surface area contributed by atoms with Gasteiger partial charge in [-0.3, -0.25) is 14.3 Å². The van der Waals surface area contributed by atoms with Crippen LogP contribution in [0.15, 0.2) is 6.07 Å². The Morgan fingerprint density at radius 1 is 1.57 bits per heavy atom. The van der Waals surface area contributed by atoms with Crippen molar-refractivity contribution in [1.82, 2.24) is 15.1 Å². The van der Waals surface area contributed by atoms with Crippen LogP contribution in [0.3, 0.4) is 0 Å². The second-order valence-corrected chi connectivity index (χ2v) is 4.66. The first-order chi connectivity index (χ1) is 9.75. The van der Waals surface area contributed by atoms with Crippen LogP contribution in [0.5, 0.6) is 0 Å². The molecule has 1 fully saturated rings. The summed E-state index contributed by atoms with van der Waals surface area (Å²) in [5, 5.41) is 6.24. The standard InChI is InChI=1S/C12H14F3N3O3/c1-3-21-11(20)9-6(5-16-10(9)19)7-4-8(12(13,14)15)18(2)17-7/h4,6,9H,3,5H2,1-2H3,(H,16,19). The third-order valence-electron chi connectivity index (χ3n) is 3.29. The molecule has 1 amide bonds. The summed E-state index contributed by atoms with van der Waals surface area (Å²) in [4.78, 5) is 23.5. The van der Waals surface area contributed by atoms with E-state index >= 15 is 0 Å². The molecule has 1 aliphatic heterocycles. The fourth-order valence-corrected chi connectivity index (χ4v) is 2.34. The van der Waals surface area contributed by atoms with Crippen LogP contribution >= 0.6 is 0 Å². The van der Waals surface area contributed by atoms with Crippen molar-refractivity contribution < 1.29 is 27.5 Å². The molecule has 6 nitrogen and oxygen atoms in total. The highest BCUT2D eigenvalue weighted by atomic mass is 19.4. The van der Waals surface area contributed by atoms with Gasteiger partial charge in [0.2, 0.25) is 5.91 Å². The predicted molar refractivity (Wildman–Crippen MR) is 64.1 cm³/mol. The highest BCUT2D eigenvalue weighted by Crippen LogP contribution is 2.34. The van der Waals surface area contributed by atoms with E-state index in [-0.39, 0.29) is 18.8 Å². The van der Waals surface area contributed by atoms with E-state index in [4.69, 9.17) is 4.74 Å². The quantitative estimate of drug-likeness (QED) is 0.663. The minimum absolute atomic E-state index is 0.0428. The number of alkyl halides is 3. The van der Waals surface area contributed by atoms with Crippen molar-refractivity contribution in [2.75, 3.05) is 13.2 Å². The normalized spacial score (nSPS) is 22.2. The molecule has 2 rings (SSSR count). The van der Waals surface area contributed by atoms with Crippen molar-refractivity contribution in [3.63, 3.8) is 0 Å². The molecule has 0 spiro atoms. The molecule has 0 aromatic carbocycles. The molecular weight excluding hydrogens is 291 g/mol. The zero-order valence-electron chi connectivity index (χ0n) is 11.4. The highest BCUT2D eigenvalue weighted by Gasteiger charge is 2.45. The third-order valence-corrected chi connectivity index (χ3v) is 3.29. The SMILES string of the molecule is CCOC(=O)C1C(=O)NCC1c1cc(C(F)(F)F)n(C)n1. The lowest BCUT2D eigenvalue weighted by molar-refractivity contribution is -0.151. The van der Waals surface area contributed by atoms with Gasteiger partial charge >= 0.3 is 12.1 Å². The molecule has 9 heteroatoms. The van der Waals surface area contributed by atoms with Crippen LogP contribution in [0.2, 0.25) is 0 Å². The number of ether oxygens (including phenoxy) is 1. The molecule has 1 N–H and O–H groups in total. The molecule has 21 heavy (non-hydrogen) atoms. The Labute approximate surface area is 118 Å². The number of hydrogen-bond acceptors (Lipinski definition) is 4. The molecule has 2 atom stereocenters. The van der Waals surface area contributed by atoms with Gasteiger partial charge in [-0.1, -0.05) is 0 Å². The van der Waals surface area contributed by atoms with E-state index in [9.17, 15) is 22.8 Å². The summed E-state index contributed by atoms with van der Waals surface area (Å²) in [5.41, 5.74) is -0.888. The van der Waals surface area contributed by atoms with Crippen LogP contribution < -0.4 is 5.32 Å². The Morgan fingerprint density at radius 2 is 2.24 bits per heavy atom. The average Bonchev–Trinajstić information content (AvgIpc) is 2.92. The molecule has 0 saturated carbocycles. The average molecular weight is 305 g/mol. The number of amides is 1. The summed E-state index contributed by atoms with van der Waals surface area (Å²) in [6.45, 7) is 1.73. The molecule has 2 unspecified atom stereocenters. The summed E-state index contributed by atoms with van der Waals surface area (Å²) >= 11 is 0. The van der Waals surface area contributed by atoms with Crippen molar-refractivity contribution >= 4 is 11.9 Å². The van der Waals surface area contributed by atoms with Gasteiger partial charge < -0.3 is 10.1 Å². The molecule has 0 radical (unpaired) electrons. The maximum atomic E-state index is 12.8. The van der Waals surface area contributed by atoms with Crippen molar-refractivity contribution in [3.05, 3.63) is 17.5 Å². The number of hydrogen-bond donors (Lipinski definition) is 1. The topological polar surface area (TPSA) is 73.2 Å². The van der Waals surface area contributed by atoms with E-state index in [0.29, 0.717) is 4.68 Å². The van der Waals surface area contributed by atoms with Crippen LogP contribution in [0, 0.1) is 5.92 Å². The molecule has 1 saturated heterocycles. The van der Waals surface area contributed by atoms with E-state index in [0.717, 1.165) is 13.1 Å². The maximum Gasteiger partial charge on any atom is 0.433 e. The Kier molecular flexibility index (Phi) is 3.93. The Balaban J connectivity index is 2.32. The molecule has 2 heterocycles. The first-order valence-corrected chi connectivity index (χ1v) is 6.31. The molecule has 116 valence electrons. The number of esters is 1. The Morgan fingerprint density at radius 3 is 2.76 bits per heavy atom. The number of carbonyl (C=O) groups excluding carboxylic acids is 2. The zero-order valence-corrected chi connectivity index (χ0v) is 11.4. The Bertz CT molecular complexity index is 568. The largest absolute Gasteiger partial charge is 0.465 e. The first-order valence-electron chi connectivity index (χ1n) is 6.31. The van der Waals surface area contributed by atoms with E-state index in [2.05, 4.69) is 10.4 Å². The molecule has 1 aromatic rings. The van der Waals surface area contributed by atoms with Gasteiger partial charge in [-0.05, 0) is 13.0 Å². The number of rotatable bonds is 3. The van der Waals surface area contributed by atoms with E-state index in [1.165, 1.54) is 0 Å². The number of aryl methyl sites for hydroxylation is 1. The smallest absolute Gasteiger partial charge is 0.433 e. The lowest BCUT2D eigenvalue weighted by Crippen LogP contribution is -2.29. The van der Waals surface area contributed by atoms with Gasteiger partial charge in [0.25, 0.3) is 0 Å². The number of halogens is 3. The molecular formula is C12H14F3N3O3. The van der Waals surface area contributed by atoms with Crippen LogP contribution in [-0.2, 0) is 27.5 Å². The first kappa shape index (κ1) is 15.3. The van der Waals surface area contributed by atoms with Gasteiger partial charge in [-0.15, -0.1) is 0 Å². The lowest BCUT2D eigenvalue weighted by atomic mass is 9.92. The van der Waals surface area contributed by atoms with E-state index in [1.54, 1.807) is 6.92 Å². The van der Waals surface area contributed by atoms with Crippen molar-refractivity contribution in [2.24, 2.45) is 13.0 Å². The summed E-state index contributed by atoms with van der Waals surface area (Å²) in [5.74, 6) is -3.24. The van der Waals surface area contributed by atoms with Crippen LogP contribution in [0.1, 0.15) is 24.2 Å². The number of nitrogens with one attached hydrogen (secondary N) is 1. The minimum atomic E-state index is -4.55. The molecule has 0 bridgehead atoms. The van der Waals surface area contributed by atoms with Crippen LogP contribution in [0.4, 0.5) is 13.2 Å².